The Morgan fingerprint density at radius 1 is 1.00 bits per heavy atom. The third-order valence-electron chi connectivity index (χ3n) is 3.21. The molecule has 1 heterocycles. The first-order valence-electron chi connectivity index (χ1n) is 7.25. The molecule has 0 amide bonds. The molecule has 0 atom stereocenters. The fourth-order valence-electron chi connectivity index (χ4n) is 2.03. The highest BCUT2D eigenvalue weighted by molar-refractivity contribution is 5.92. The number of hydrogen-bond acceptors (Lipinski definition) is 6. The van der Waals surface area contributed by atoms with Crippen LogP contribution in [0.15, 0.2) is 67.0 Å². The largest absolute Gasteiger partial charge is 0.497 e. The highest BCUT2D eigenvalue weighted by atomic mass is 16.5. The van der Waals surface area contributed by atoms with Gasteiger partial charge < -0.3 is 14.8 Å². The van der Waals surface area contributed by atoms with E-state index in [0.29, 0.717) is 28.7 Å². The minimum Gasteiger partial charge on any atom is -0.497 e. The van der Waals surface area contributed by atoms with E-state index in [1.807, 2.05) is 6.07 Å². The molecule has 3 aromatic rings. The SMILES string of the molecule is COc1ccc(Nc2ncccn2)c(OC(=O)c2ccccc2)c1. The van der Waals surface area contributed by atoms with Crippen molar-refractivity contribution in [2.24, 2.45) is 0 Å². The average Bonchev–Trinajstić information content (AvgIpc) is 2.64. The van der Waals surface area contributed by atoms with Crippen LogP contribution in [0.5, 0.6) is 11.5 Å². The van der Waals surface area contributed by atoms with Gasteiger partial charge in [0.15, 0.2) is 5.75 Å². The van der Waals surface area contributed by atoms with E-state index in [0.717, 1.165) is 0 Å². The maximum Gasteiger partial charge on any atom is 0.343 e. The Kier molecular flexibility index (Phi) is 4.67. The molecule has 0 radical (unpaired) electrons. The minimum absolute atomic E-state index is 0.329. The summed E-state index contributed by atoms with van der Waals surface area (Å²) in [6.07, 6.45) is 3.24. The third-order valence-corrected chi connectivity index (χ3v) is 3.21. The van der Waals surface area contributed by atoms with E-state index < -0.39 is 5.97 Å². The summed E-state index contributed by atoms with van der Waals surface area (Å²) in [6, 6.07) is 15.6. The summed E-state index contributed by atoms with van der Waals surface area (Å²) in [5.41, 5.74) is 1.02. The number of hydrogen-bond donors (Lipinski definition) is 1. The van der Waals surface area contributed by atoms with Gasteiger partial charge in [-0.15, -0.1) is 0 Å². The molecule has 1 aromatic heterocycles. The summed E-state index contributed by atoms with van der Waals surface area (Å²) in [5, 5.41) is 3.03. The van der Waals surface area contributed by atoms with Crippen molar-refractivity contribution < 1.29 is 14.3 Å². The lowest BCUT2D eigenvalue weighted by Crippen LogP contribution is -2.10. The number of aromatic nitrogens is 2. The summed E-state index contributed by atoms with van der Waals surface area (Å²) in [7, 11) is 1.55. The highest BCUT2D eigenvalue weighted by Gasteiger charge is 2.13. The summed E-state index contributed by atoms with van der Waals surface area (Å²) >= 11 is 0. The van der Waals surface area contributed by atoms with Gasteiger partial charge in [0.25, 0.3) is 0 Å². The molecule has 0 unspecified atom stereocenters. The number of nitrogens with zero attached hydrogens (tertiary/aromatic N) is 2. The van der Waals surface area contributed by atoms with Gasteiger partial charge in [-0.2, -0.15) is 0 Å². The summed E-state index contributed by atoms with van der Waals surface area (Å²) in [6.45, 7) is 0. The van der Waals surface area contributed by atoms with Crippen molar-refractivity contribution in [1.82, 2.24) is 9.97 Å². The van der Waals surface area contributed by atoms with Crippen LogP contribution in [0, 0.1) is 0 Å². The zero-order valence-corrected chi connectivity index (χ0v) is 13.0. The van der Waals surface area contributed by atoms with Gasteiger partial charge in [-0.05, 0) is 30.3 Å². The second kappa shape index (κ2) is 7.23. The van der Waals surface area contributed by atoms with Gasteiger partial charge in [0.05, 0.1) is 18.4 Å². The zero-order valence-electron chi connectivity index (χ0n) is 13.0. The van der Waals surface area contributed by atoms with Crippen molar-refractivity contribution in [3.05, 3.63) is 72.6 Å². The van der Waals surface area contributed by atoms with Crippen molar-refractivity contribution >= 4 is 17.6 Å². The molecule has 0 saturated carbocycles. The van der Waals surface area contributed by atoms with Crippen LogP contribution in [0.4, 0.5) is 11.6 Å². The molecule has 0 saturated heterocycles. The third kappa shape index (κ3) is 3.67. The second-order valence-electron chi connectivity index (χ2n) is 4.82. The maximum atomic E-state index is 12.3. The molecule has 1 N–H and O–H groups in total. The predicted octanol–water partition coefficient (Wildman–Crippen LogP) is 3.45. The topological polar surface area (TPSA) is 73.3 Å². The minimum atomic E-state index is -0.458. The summed E-state index contributed by atoms with van der Waals surface area (Å²) in [4.78, 5) is 20.5. The Labute approximate surface area is 139 Å². The fraction of sp³-hybridized carbons (Fsp3) is 0.0556. The van der Waals surface area contributed by atoms with Crippen LogP contribution in [0.25, 0.3) is 0 Å². The Hall–Kier alpha value is -3.41. The Morgan fingerprint density at radius 2 is 1.75 bits per heavy atom. The Bertz CT molecular complexity index is 823. The van der Waals surface area contributed by atoms with Crippen molar-refractivity contribution in [1.29, 1.82) is 0 Å². The molecule has 120 valence electrons. The van der Waals surface area contributed by atoms with E-state index in [9.17, 15) is 4.79 Å². The molecule has 2 aromatic carbocycles. The van der Waals surface area contributed by atoms with Crippen LogP contribution in [-0.2, 0) is 0 Å². The monoisotopic (exact) mass is 321 g/mol. The smallest absolute Gasteiger partial charge is 0.343 e. The molecule has 0 spiro atoms. The quantitative estimate of drug-likeness (QED) is 0.573. The molecular weight excluding hydrogens is 306 g/mol. The van der Waals surface area contributed by atoms with Crippen LogP contribution in [0.2, 0.25) is 0 Å². The normalized spacial score (nSPS) is 10.0. The van der Waals surface area contributed by atoms with Gasteiger partial charge in [0.1, 0.15) is 5.75 Å². The Morgan fingerprint density at radius 3 is 2.46 bits per heavy atom. The number of anilines is 2. The number of rotatable bonds is 5. The van der Waals surface area contributed by atoms with Crippen LogP contribution < -0.4 is 14.8 Å². The van der Waals surface area contributed by atoms with E-state index >= 15 is 0 Å². The number of ether oxygens (including phenoxy) is 2. The number of benzene rings is 2. The first-order chi connectivity index (χ1) is 11.8. The van der Waals surface area contributed by atoms with Gasteiger partial charge in [0, 0.05) is 18.5 Å². The molecule has 24 heavy (non-hydrogen) atoms. The van der Waals surface area contributed by atoms with Crippen LogP contribution in [-0.4, -0.2) is 23.0 Å². The standard InChI is InChI=1S/C18H15N3O3/c1-23-14-8-9-15(21-18-19-10-5-11-20-18)16(12-14)24-17(22)13-6-3-2-4-7-13/h2-12H,1H3,(H,19,20,21). The van der Waals surface area contributed by atoms with Crippen molar-refractivity contribution in [3.63, 3.8) is 0 Å². The van der Waals surface area contributed by atoms with E-state index in [1.165, 1.54) is 0 Å². The maximum absolute atomic E-state index is 12.3. The first kappa shape index (κ1) is 15.5. The summed E-state index contributed by atoms with van der Waals surface area (Å²) < 4.78 is 10.7. The zero-order chi connectivity index (χ0) is 16.8. The average molecular weight is 321 g/mol. The van der Waals surface area contributed by atoms with E-state index in [4.69, 9.17) is 9.47 Å². The molecule has 0 aliphatic heterocycles. The Balaban J connectivity index is 1.88. The highest BCUT2D eigenvalue weighted by Crippen LogP contribution is 2.31. The lowest BCUT2D eigenvalue weighted by molar-refractivity contribution is 0.0735. The molecular formula is C18H15N3O3. The molecule has 0 fully saturated rings. The molecule has 0 aliphatic rings. The summed E-state index contributed by atoms with van der Waals surface area (Å²) in [5.74, 6) is 0.849. The van der Waals surface area contributed by atoms with Crippen LogP contribution >= 0.6 is 0 Å². The number of nitrogens with one attached hydrogen (secondary N) is 1. The van der Waals surface area contributed by atoms with Crippen molar-refractivity contribution in [2.75, 3.05) is 12.4 Å². The number of carbonyl (C=O) groups is 1. The molecule has 6 nitrogen and oxygen atoms in total. The van der Waals surface area contributed by atoms with Crippen molar-refractivity contribution in [3.8, 4) is 11.5 Å². The molecule has 3 rings (SSSR count). The van der Waals surface area contributed by atoms with Gasteiger partial charge in [-0.25, -0.2) is 14.8 Å². The van der Waals surface area contributed by atoms with Gasteiger partial charge in [0.2, 0.25) is 5.95 Å². The number of carbonyl (C=O) groups excluding carboxylic acids is 1. The van der Waals surface area contributed by atoms with E-state index in [2.05, 4.69) is 15.3 Å². The van der Waals surface area contributed by atoms with Crippen LogP contribution in [0.1, 0.15) is 10.4 Å². The second-order valence-corrected chi connectivity index (χ2v) is 4.82. The van der Waals surface area contributed by atoms with Crippen molar-refractivity contribution in [2.45, 2.75) is 0 Å². The van der Waals surface area contributed by atoms with Gasteiger partial charge in [-0.3, -0.25) is 0 Å². The van der Waals surface area contributed by atoms with E-state index in [-0.39, 0.29) is 0 Å². The number of esters is 1. The lowest BCUT2D eigenvalue weighted by Gasteiger charge is -2.12. The van der Waals surface area contributed by atoms with E-state index in [1.54, 1.807) is 68.0 Å². The molecule has 6 heteroatoms. The van der Waals surface area contributed by atoms with Gasteiger partial charge in [-0.1, -0.05) is 18.2 Å². The first-order valence-corrected chi connectivity index (χ1v) is 7.25. The number of methoxy groups -OCH3 is 1. The van der Waals surface area contributed by atoms with Gasteiger partial charge >= 0.3 is 5.97 Å². The fourth-order valence-corrected chi connectivity index (χ4v) is 2.03. The molecule has 0 aliphatic carbocycles. The molecule has 0 bridgehead atoms. The predicted molar refractivity (Wildman–Crippen MR) is 89.7 cm³/mol. The van der Waals surface area contributed by atoms with Crippen LogP contribution in [0.3, 0.4) is 0 Å². The lowest BCUT2D eigenvalue weighted by atomic mass is 10.2.